The minimum atomic E-state index is 0.0484. The molecule has 0 fully saturated rings. The SMILES string of the molecule is CCCCCCN(CCCCCC)C(=O)Nc1ccc(CC)cc1. The highest BCUT2D eigenvalue weighted by atomic mass is 16.2. The third-order valence-electron chi connectivity index (χ3n) is 4.46. The van der Waals surface area contributed by atoms with E-state index in [1.807, 2.05) is 17.0 Å². The fourth-order valence-electron chi connectivity index (χ4n) is 2.80. The summed E-state index contributed by atoms with van der Waals surface area (Å²) in [7, 11) is 0. The van der Waals surface area contributed by atoms with Crippen LogP contribution in [0.4, 0.5) is 10.5 Å². The van der Waals surface area contributed by atoms with Crippen LogP contribution in [-0.4, -0.2) is 24.0 Å². The molecule has 136 valence electrons. The second kappa shape index (κ2) is 12.9. The molecule has 0 spiro atoms. The summed E-state index contributed by atoms with van der Waals surface area (Å²) in [5.41, 5.74) is 2.19. The van der Waals surface area contributed by atoms with Gasteiger partial charge in [-0.2, -0.15) is 0 Å². The summed E-state index contributed by atoms with van der Waals surface area (Å²) in [5.74, 6) is 0. The maximum Gasteiger partial charge on any atom is 0.321 e. The lowest BCUT2D eigenvalue weighted by atomic mass is 10.1. The zero-order valence-electron chi connectivity index (χ0n) is 15.9. The maximum atomic E-state index is 12.6. The molecule has 1 aromatic carbocycles. The second-order valence-corrected chi connectivity index (χ2v) is 6.59. The van der Waals surface area contributed by atoms with E-state index in [4.69, 9.17) is 0 Å². The third-order valence-corrected chi connectivity index (χ3v) is 4.46. The van der Waals surface area contributed by atoms with Crippen molar-refractivity contribution in [1.29, 1.82) is 0 Å². The number of nitrogens with one attached hydrogen (secondary N) is 1. The summed E-state index contributed by atoms with van der Waals surface area (Å²) in [6.07, 6.45) is 10.6. The summed E-state index contributed by atoms with van der Waals surface area (Å²) in [4.78, 5) is 14.6. The number of carbonyl (C=O) groups is 1. The van der Waals surface area contributed by atoms with E-state index >= 15 is 0 Å². The molecule has 1 N–H and O–H groups in total. The van der Waals surface area contributed by atoms with Crippen molar-refractivity contribution in [3.8, 4) is 0 Å². The summed E-state index contributed by atoms with van der Waals surface area (Å²) in [5, 5.41) is 3.06. The van der Waals surface area contributed by atoms with Gasteiger partial charge in [0, 0.05) is 18.8 Å². The van der Waals surface area contributed by atoms with E-state index < -0.39 is 0 Å². The van der Waals surface area contributed by atoms with Gasteiger partial charge in [-0.15, -0.1) is 0 Å². The highest BCUT2D eigenvalue weighted by Gasteiger charge is 2.13. The molecule has 0 aliphatic rings. The number of nitrogens with zero attached hydrogens (tertiary/aromatic N) is 1. The molecule has 0 aliphatic heterocycles. The number of benzene rings is 1. The first-order valence-electron chi connectivity index (χ1n) is 9.86. The Balaban J connectivity index is 2.52. The van der Waals surface area contributed by atoms with E-state index in [9.17, 15) is 4.79 Å². The predicted molar refractivity (Wildman–Crippen MR) is 105 cm³/mol. The van der Waals surface area contributed by atoms with Gasteiger partial charge in [-0.25, -0.2) is 4.79 Å². The Kier molecular flexibility index (Phi) is 11.0. The maximum absolute atomic E-state index is 12.6. The molecule has 0 saturated heterocycles. The van der Waals surface area contributed by atoms with Crippen LogP contribution in [0.1, 0.15) is 77.7 Å². The van der Waals surface area contributed by atoms with Crippen molar-refractivity contribution in [2.24, 2.45) is 0 Å². The molecule has 0 atom stereocenters. The molecule has 0 bridgehead atoms. The normalized spacial score (nSPS) is 10.6. The Labute approximate surface area is 148 Å². The van der Waals surface area contributed by atoms with Crippen molar-refractivity contribution >= 4 is 11.7 Å². The highest BCUT2D eigenvalue weighted by molar-refractivity contribution is 5.89. The zero-order chi connectivity index (χ0) is 17.6. The first kappa shape index (κ1) is 20.5. The molecule has 1 rings (SSSR count). The Morgan fingerprint density at radius 2 is 1.38 bits per heavy atom. The Morgan fingerprint density at radius 3 is 1.83 bits per heavy atom. The van der Waals surface area contributed by atoms with Crippen LogP contribution in [0.15, 0.2) is 24.3 Å². The first-order chi connectivity index (χ1) is 11.7. The van der Waals surface area contributed by atoms with Crippen molar-refractivity contribution < 1.29 is 4.79 Å². The van der Waals surface area contributed by atoms with E-state index in [1.54, 1.807) is 0 Å². The molecule has 0 aromatic heterocycles. The van der Waals surface area contributed by atoms with Gasteiger partial charge in [0.25, 0.3) is 0 Å². The number of amides is 2. The molecule has 24 heavy (non-hydrogen) atoms. The van der Waals surface area contributed by atoms with Crippen LogP contribution in [0.25, 0.3) is 0 Å². The standard InChI is InChI=1S/C21H36N2O/c1-4-7-9-11-17-23(18-12-10-8-5-2)21(24)22-20-15-13-19(6-3)14-16-20/h13-16H,4-12,17-18H2,1-3H3,(H,22,24). The quantitative estimate of drug-likeness (QED) is 0.451. The largest absolute Gasteiger partial charge is 0.325 e. The van der Waals surface area contributed by atoms with Crippen molar-refractivity contribution in [1.82, 2.24) is 4.90 Å². The average Bonchev–Trinajstić information content (AvgIpc) is 2.61. The van der Waals surface area contributed by atoms with Crippen LogP contribution in [0, 0.1) is 0 Å². The number of hydrogen-bond donors (Lipinski definition) is 1. The van der Waals surface area contributed by atoms with Gasteiger partial charge in [-0.1, -0.05) is 71.4 Å². The Bertz CT molecular complexity index is 430. The van der Waals surface area contributed by atoms with E-state index in [-0.39, 0.29) is 6.03 Å². The zero-order valence-corrected chi connectivity index (χ0v) is 15.9. The topological polar surface area (TPSA) is 32.3 Å². The van der Waals surface area contributed by atoms with Gasteiger partial charge < -0.3 is 10.2 Å². The van der Waals surface area contributed by atoms with Crippen molar-refractivity contribution in [3.05, 3.63) is 29.8 Å². The van der Waals surface area contributed by atoms with Crippen LogP contribution >= 0.6 is 0 Å². The summed E-state index contributed by atoms with van der Waals surface area (Å²) in [6.45, 7) is 8.31. The summed E-state index contributed by atoms with van der Waals surface area (Å²) in [6, 6.07) is 8.23. The third kappa shape index (κ3) is 8.37. The highest BCUT2D eigenvalue weighted by Crippen LogP contribution is 2.12. The molecule has 0 radical (unpaired) electrons. The van der Waals surface area contributed by atoms with E-state index in [0.29, 0.717) is 0 Å². The van der Waals surface area contributed by atoms with Gasteiger partial charge in [-0.05, 0) is 37.0 Å². The fourth-order valence-corrected chi connectivity index (χ4v) is 2.80. The lowest BCUT2D eigenvalue weighted by Gasteiger charge is -2.23. The van der Waals surface area contributed by atoms with E-state index in [2.05, 4.69) is 38.2 Å². The van der Waals surface area contributed by atoms with Crippen LogP contribution in [0.5, 0.6) is 0 Å². The lowest BCUT2D eigenvalue weighted by molar-refractivity contribution is 0.209. The lowest BCUT2D eigenvalue weighted by Crippen LogP contribution is -2.36. The summed E-state index contributed by atoms with van der Waals surface area (Å²) >= 11 is 0. The van der Waals surface area contributed by atoms with Gasteiger partial charge in [0.1, 0.15) is 0 Å². The van der Waals surface area contributed by atoms with Crippen molar-refractivity contribution in [2.45, 2.75) is 78.6 Å². The number of anilines is 1. The first-order valence-corrected chi connectivity index (χ1v) is 9.86. The van der Waals surface area contributed by atoms with Gasteiger partial charge in [0.05, 0.1) is 0 Å². The number of urea groups is 1. The molecule has 3 heteroatoms. The molecule has 2 amide bonds. The number of unbranched alkanes of at least 4 members (excludes halogenated alkanes) is 6. The Morgan fingerprint density at radius 1 is 0.833 bits per heavy atom. The fraction of sp³-hybridized carbons (Fsp3) is 0.667. The van der Waals surface area contributed by atoms with Crippen LogP contribution < -0.4 is 5.32 Å². The molecule has 0 unspecified atom stereocenters. The van der Waals surface area contributed by atoms with E-state index in [1.165, 1.54) is 44.1 Å². The number of hydrogen-bond acceptors (Lipinski definition) is 1. The smallest absolute Gasteiger partial charge is 0.321 e. The molecule has 1 aromatic rings. The molecular formula is C21H36N2O. The minimum absolute atomic E-state index is 0.0484. The number of rotatable bonds is 12. The average molecular weight is 333 g/mol. The molecule has 0 aliphatic carbocycles. The van der Waals surface area contributed by atoms with Crippen molar-refractivity contribution in [2.75, 3.05) is 18.4 Å². The monoisotopic (exact) mass is 332 g/mol. The molecular weight excluding hydrogens is 296 g/mol. The summed E-state index contributed by atoms with van der Waals surface area (Å²) < 4.78 is 0. The number of aryl methyl sites for hydroxylation is 1. The van der Waals surface area contributed by atoms with Gasteiger partial charge >= 0.3 is 6.03 Å². The van der Waals surface area contributed by atoms with Gasteiger partial charge in [0.2, 0.25) is 0 Å². The Hall–Kier alpha value is -1.51. The van der Waals surface area contributed by atoms with Crippen LogP contribution in [-0.2, 0) is 6.42 Å². The van der Waals surface area contributed by atoms with Gasteiger partial charge in [0.15, 0.2) is 0 Å². The second-order valence-electron chi connectivity index (χ2n) is 6.59. The molecule has 0 heterocycles. The van der Waals surface area contributed by atoms with Crippen LogP contribution in [0.3, 0.4) is 0 Å². The minimum Gasteiger partial charge on any atom is -0.325 e. The molecule has 3 nitrogen and oxygen atoms in total. The molecule has 0 saturated carbocycles. The van der Waals surface area contributed by atoms with Gasteiger partial charge in [-0.3, -0.25) is 0 Å². The van der Waals surface area contributed by atoms with Crippen LogP contribution in [0.2, 0.25) is 0 Å². The number of carbonyl (C=O) groups excluding carboxylic acids is 1. The van der Waals surface area contributed by atoms with Crippen molar-refractivity contribution in [3.63, 3.8) is 0 Å². The predicted octanol–water partition coefficient (Wildman–Crippen LogP) is 6.24. The van der Waals surface area contributed by atoms with E-state index in [0.717, 1.165) is 38.0 Å².